The van der Waals surface area contributed by atoms with E-state index >= 15 is 0 Å². The highest BCUT2D eigenvalue weighted by Gasteiger charge is 2.11. The number of likely N-dealkylation sites (N-methyl/N-ethyl adjacent to an activating group) is 1. The van der Waals surface area contributed by atoms with Gasteiger partial charge in [-0.25, -0.2) is 0 Å². The maximum atomic E-state index is 12.3. The molecule has 6 heteroatoms. The van der Waals surface area contributed by atoms with Crippen LogP contribution in [0.3, 0.4) is 0 Å². The SMILES string of the molecule is COc1cccc(CN(C)CC(=O)Nc2cccc(C(=O)N(C)C)c2)c1. The van der Waals surface area contributed by atoms with Crippen molar-refractivity contribution in [1.29, 1.82) is 0 Å². The number of rotatable bonds is 7. The van der Waals surface area contributed by atoms with Crippen LogP contribution in [0.2, 0.25) is 0 Å². The summed E-state index contributed by atoms with van der Waals surface area (Å²) in [5, 5.41) is 2.84. The Balaban J connectivity index is 1.93. The van der Waals surface area contributed by atoms with Crippen molar-refractivity contribution in [2.75, 3.05) is 40.1 Å². The smallest absolute Gasteiger partial charge is 0.253 e. The Hall–Kier alpha value is -2.86. The number of hydrogen-bond acceptors (Lipinski definition) is 4. The second-order valence-electron chi connectivity index (χ2n) is 6.35. The largest absolute Gasteiger partial charge is 0.497 e. The van der Waals surface area contributed by atoms with Crippen LogP contribution in [-0.4, -0.2) is 56.4 Å². The van der Waals surface area contributed by atoms with Crippen LogP contribution in [-0.2, 0) is 11.3 Å². The fraction of sp³-hybridized carbons (Fsp3) is 0.300. The van der Waals surface area contributed by atoms with Gasteiger partial charge in [-0.2, -0.15) is 0 Å². The van der Waals surface area contributed by atoms with E-state index in [0.717, 1.165) is 11.3 Å². The third-order valence-corrected chi connectivity index (χ3v) is 3.80. The summed E-state index contributed by atoms with van der Waals surface area (Å²) < 4.78 is 5.22. The molecule has 0 unspecified atom stereocenters. The molecule has 0 radical (unpaired) electrons. The van der Waals surface area contributed by atoms with Gasteiger partial charge < -0.3 is 15.0 Å². The molecule has 0 bridgehead atoms. The van der Waals surface area contributed by atoms with Gasteiger partial charge >= 0.3 is 0 Å². The minimum atomic E-state index is -0.134. The van der Waals surface area contributed by atoms with Gasteiger partial charge in [0.15, 0.2) is 0 Å². The summed E-state index contributed by atoms with van der Waals surface area (Å²) in [5.74, 6) is 0.559. The third-order valence-electron chi connectivity index (χ3n) is 3.80. The summed E-state index contributed by atoms with van der Waals surface area (Å²) in [5.41, 5.74) is 2.22. The van der Waals surface area contributed by atoms with Crippen molar-refractivity contribution in [3.63, 3.8) is 0 Å². The minimum Gasteiger partial charge on any atom is -0.497 e. The van der Waals surface area contributed by atoms with Crippen molar-refractivity contribution in [3.8, 4) is 5.75 Å². The number of hydrogen-bond donors (Lipinski definition) is 1. The van der Waals surface area contributed by atoms with Gasteiger partial charge in [-0.1, -0.05) is 18.2 Å². The molecule has 0 spiro atoms. The Morgan fingerprint density at radius 2 is 1.77 bits per heavy atom. The molecule has 1 N–H and O–H groups in total. The first-order valence-electron chi connectivity index (χ1n) is 8.32. The highest BCUT2D eigenvalue weighted by atomic mass is 16.5. The van der Waals surface area contributed by atoms with Gasteiger partial charge in [-0.05, 0) is 42.9 Å². The monoisotopic (exact) mass is 355 g/mol. The molecule has 2 aromatic carbocycles. The van der Waals surface area contributed by atoms with E-state index in [2.05, 4.69) is 5.32 Å². The first-order valence-corrected chi connectivity index (χ1v) is 8.32. The Morgan fingerprint density at radius 3 is 2.46 bits per heavy atom. The molecule has 2 amide bonds. The molecule has 138 valence electrons. The quantitative estimate of drug-likeness (QED) is 0.829. The number of nitrogens with zero attached hydrogens (tertiary/aromatic N) is 2. The van der Waals surface area contributed by atoms with E-state index in [-0.39, 0.29) is 18.4 Å². The van der Waals surface area contributed by atoms with Crippen molar-refractivity contribution in [2.45, 2.75) is 6.54 Å². The summed E-state index contributed by atoms with van der Waals surface area (Å²) in [7, 11) is 6.90. The Labute approximate surface area is 154 Å². The maximum absolute atomic E-state index is 12.3. The molecule has 0 aromatic heterocycles. The minimum absolute atomic E-state index is 0.101. The Bertz CT molecular complexity index is 774. The second-order valence-corrected chi connectivity index (χ2v) is 6.35. The zero-order valence-electron chi connectivity index (χ0n) is 15.7. The summed E-state index contributed by atoms with van der Waals surface area (Å²) in [6, 6.07) is 14.7. The molecule has 0 aliphatic heterocycles. The van der Waals surface area contributed by atoms with E-state index < -0.39 is 0 Å². The third kappa shape index (κ3) is 5.60. The predicted molar refractivity (Wildman–Crippen MR) is 102 cm³/mol. The fourth-order valence-corrected chi connectivity index (χ4v) is 2.57. The Kier molecular flexibility index (Phi) is 6.74. The Morgan fingerprint density at radius 1 is 1.04 bits per heavy atom. The number of amides is 2. The van der Waals surface area contributed by atoms with E-state index in [4.69, 9.17) is 4.74 Å². The van der Waals surface area contributed by atoms with Gasteiger partial charge in [-0.15, -0.1) is 0 Å². The van der Waals surface area contributed by atoms with Crippen LogP contribution in [0.15, 0.2) is 48.5 Å². The van der Waals surface area contributed by atoms with E-state index in [9.17, 15) is 9.59 Å². The first kappa shape index (κ1) is 19.5. The molecule has 0 saturated carbocycles. The van der Waals surface area contributed by atoms with E-state index in [1.807, 2.05) is 36.2 Å². The number of carbonyl (C=O) groups is 2. The van der Waals surface area contributed by atoms with Gasteiger partial charge in [0.05, 0.1) is 13.7 Å². The molecule has 0 saturated heterocycles. The summed E-state index contributed by atoms with van der Waals surface area (Å²) in [4.78, 5) is 27.7. The molecule has 26 heavy (non-hydrogen) atoms. The van der Waals surface area contributed by atoms with Crippen LogP contribution >= 0.6 is 0 Å². The lowest BCUT2D eigenvalue weighted by atomic mass is 10.2. The number of nitrogens with one attached hydrogen (secondary N) is 1. The number of carbonyl (C=O) groups excluding carboxylic acids is 2. The molecule has 0 heterocycles. The first-order chi connectivity index (χ1) is 12.4. The average Bonchev–Trinajstić information content (AvgIpc) is 2.61. The van der Waals surface area contributed by atoms with Gasteiger partial charge in [0.1, 0.15) is 5.75 Å². The number of ether oxygens (including phenoxy) is 1. The molecule has 0 fully saturated rings. The summed E-state index contributed by atoms with van der Waals surface area (Å²) >= 11 is 0. The van der Waals surface area contributed by atoms with Crippen molar-refractivity contribution in [1.82, 2.24) is 9.80 Å². The van der Waals surface area contributed by atoms with Crippen LogP contribution in [0, 0.1) is 0 Å². The molecule has 6 nitrogen and oxygen atoms in total. The predicted octanol–water partition coefficient (Wildman–Crippen LogP) is 2.47. The van der Waals surface area contributed by atoms with Crippen LogP contribution in [0.4, 0.5) is 5.69 Å². The van der Waals surface area contributed by atoms with Crippen LogP contribution < -0.4 is 10.1 Å². The highest BCUT2D eigenvalue weighted by Crippen LogP contribution is 2.14. The van der Waals surface area contributed by atoms with Gasteiger partial charge in [-0.3, -0.25) is 14.5 Å². The zero-order valence-corrected chi connectivity index (χ0v) is 15.7. The van der Waals surface area contributed by atoms with E-state index in [1.165, 1.54) is 4.90 Å². The molecule has 2 aromatic rings. The van der Waals surface area contributed by atoms with E-state index in [0.29, 0.717) is 17.8 Å². The van der Waals surface area contributed by atoms with Crippen LogP contribution in [0.5, 0.6) is 5.75 Å². The second kappa shape index (κ2) is 9.01. The molecular formula is C20H25N3O3. The summed E-state index contributed by atoms with van der Waals surface area (Å²) in [6.45, 7) is 0.868. The molecule has 0 aliphatic rings. The molecule has 0 aliphatic carbocycles. The standard InChI is InChI=1S/C20H25N3O3/c1-22(2)20(25)16-8-6-9-17(12-16)21-19(24)14-23(3)13-15-7-5-10-18(11-15)26-4/h5-12H,13-14H2,1-4H3,(H,21,24). The lowest BCUT2D eigenvalue weighted by Gasteiger charge is -2.17. The van der Waals surface area contributed by atoms with Crippen molar-refractivity contribution in [2.24, 2.45) is 0 Å². The lowest BCUT2D eigenvalue weighted by Crippen LogP contribution is -2.30. The average molecular weight is 355 g/mol. The number of anilines is 1. The molecular weight excluding hydrogens is 330 g/mol. The lowest BCUT2D eigenvalue weighted by molar-refractivity contribution is -0.117. The maximum Gasteiger partial charge on any atom is 0.253 e. The molecule has 0 atom stereocenters. The van der Waals surface area contributed by atoms with Crippen molar-refractivity contribution in [3.05, 3.63) is 59.7 Å². The number of benzene rings is 2. The van der Waals surface area contributed by atoms with Crippen molar-refractivity contribution >= 4 is 17.5 Å². The molecule has 2 rings (SSSR count). The van der Waals surface area contributed by atoms with Crippen LogP contribution in [0.25, 0.3) is 0 Å². The number of methoxy groups -OCH3 is 1. The van der Waals surface area contributed by atoms with Crippen molar-refractivity contribution < 1.29 is 14.3 Å². The fourth-order valence-electron chi connectivity index (χ4n) is 2.57. The van der Waals surface area contributed by atoms with Gasteiger partial charge in [0.25, 0.3) is 5.91 Å². The normalized spacial score (nSPS) is 10.5. The van der Waals surface area contributed by atoms with Crippen LogP contribution in [0.1, 0.15) is 15.9 Å². The topological polar surface area (TPSA) is 61.9 Å². The van der Waals surface area contributed by atoms with E-state index in [1.54, 1.807) is 45.5 Å². The van der Waals surface area contributed by atoms with Gasteiger partial charge in [0, 0.05) is 31.9 Å². The summed E-state index contributed by atoms with van der Waals surface area (Å²) in [6.07, 6.45) is 0. The zero-order chi connectivity index (χ0) is 19.1. The highest BCUT2D eigenvalue weighted by molar-refractivity contribution is 5.97. The van der Waals surface area contributed by atoms with Gasteiger partial charge in [0.2, 0.25) is 5.91 Å².